The fraction of sp³-hybridized carbons (Fsp3) is 0.474. The number of rotatable bonds is 9. The van der Waals surface area contributed by atoms with Crippen molar-refractivity contribution >= 4 is 40.8 Å². The van der Waals surface area contributed by atoms with Crippen molar-refractivity contribution in [3.05, 3.63) is 42.1 Å². The van der Waals surface area contributed by atoms with Gasteiger partial charge in [-0.05, 0) is 25.1 Å². The Kier molecular flexibility index (Phi) is 11.1. The fourth-order valence-corrected chi connectivity index (χ4v) is 2.67. The zero-order chi connectivity index (χ0) is 17.9. The molecule has 0 atom stereocenters. The van der Waals surface area contributed by atoms with Crippen molar-refractivity contribution in [1.29, 1.82) is 0 Å². The van der Waals surface area contributed by atoms with E-state index in [1.54, 1.807) is 14.2 Å². The smallest absolute Gasteiger partial charge is 0.191 e. The lowest BCUT2D eigenvalue weighted by molar-refractivity contribution is 0.180. The number of ether oxygens (including phenoxy) is 1. The van der Waals surface area contributed by atoms with E-state index >= 15 is 0 Å². The normalized spacial score (nSPS) is 11.5. The first-order valence-electron chi connectivity index (χ1n) is 8.69. The molecule has 1 heterocycles. The minimum absolute atomic E-state index is 0. The summed E-state index contributed by atoms with van der Waals surface area (Å²) in [4.78, 5) is 11.1. The number of aliphatic imine (C=N–C) groups is 1. The molecule has 0 bridgehead atoms. The summed E-state index contributed by atoms with van der Waals surface area (Å²) in [6.07, 6.45) is 2.88. The minimum atomic E-state index is 0. The van der Waals surface area contributed by atoms with E-state index < -0.39 is 0 Å². The molecular weight excluding hydrogens is 441 g/mol. The molecule has 0 spiro atoms. The van der Waals surface area contributed by atoms with Crippen molar-refractivity contribution in [1.82, 2.24) is 20.5 Å². The van der Waals surface area contributed by atoms with Gasteiger partial charge in [0.05, 0.1) is 5.52 Å². The molecule has 1 aromatic heterocycles. The van der Waals surface area contributed by atoms with Crippen LogP contribution in [0.4, 0.5) is 0 Å². The number of nitrogens with zero attached hydrogens (tertiary/aromatic N) is 3. The van der Waals surface area contributed by atoms with Gasteiger partial charge in [-0.3, -0.25) is 9.98 Å². The maximum absolute atomic E-state index is 5.08. The third kappa shape index (κ3) is 7.43. The van der Waals surface area contributed by atoms with E-state index in [2.05, 4.69) is 56.8 Å². The van der Waals surface area contributed by atoms with Crippen LogP contribution in [0.3, 0.4) is 0 Å². The lowest BCUT2D eigenvalue weighted by atomic mass is 10.1. The molecule has 0 radical (unpaired) electrons. The van der Waals surface area contributed by atoms with Crippen LogP contribution >= 0.6 is 24.0 Å². The van der Waals surface area contributed by atoms with Crippen LogP contribution in [-0.4, -0.2) is 63.3 Å². The standard InChI is InChI=1S/C19H29N5O.HI/c1-20-19(22-11-13-24(2)12-6-14-25-3)23-15-17-8-4-7-16-9-5-10-21-18(16)17;/h4-5,7-10H,6,11-15H2,1-3H3,(H2,20,22,23);1H. The summed E-state index contributed by atoms with van der Waals surface area (Å²) in [5.74, 6) is 0.804. The Morgan fingerprint density at radius 3 is 2.77 bits per heavy atom. The van der Waals surface area contributed by atoms with E-state index in [1.807, 2.05) is 12.3 Å². The molecule has 26 heavy (non-hydrogen) atoms. The lowest BCUT2D eigenvalue weighted by Crippen LogP contribution is -2.40. The van der Waals surface area contributed by atoms with Gasteiger partial charge in [-0.2, -0.15) is 0 Å². The van der Waals surface area contributed by atoms with E-state index in [4.69, 9.17) is 4.74 Å². The highest BCUT2D eigenvalue weighted by molar-refractivity contribution is 14.0. The lowest BCUT2D eigenvalue weighted by Gasteiger charge is -2.18. The first-order chi connectivity index (χ1) is 12.2. The number of hydrogen-bond donors (Lipinski definition) is 2. The average Bonchev–Trinajstić information content (AvgIpc) is 2.64. The number of nitrogens with one attached hydrogen (secondary N) is 2. The van der Waals surface area contributed by atoms with Gasteiger partial charge in [-0.1, -0.05) is 24.3 Å². The Morgan fingerprint density at radius 2 is 2.00 bits per heavy atom. The minimum Gasteiger partial charge on any atom is -0.385 e. The number of fused-ring (bicyclic) bond motifs is 1. The predicted octanol–water partition coefficient (Wildman–Crippen LogP) is 2.49. The Labute approximate surface area is 173 Å². The molecule has 0 saturated heterocycles. The van der Waals surface area contributed by atoms with Crippen molar-refractivity contribution in [3.8, 4) is 0 Å². The van der Waals surface area contributed by atoms with Gasteiger partial charge in [0.25, 0.3) is 0 Å². The third-order valence-corrected chi connectivity index (χ3v) is 4.06. The van der Waals surface area contributed by atoms with Gasteiger partial charge in [-0.15, -0.1) is 24.0 Å². The Hall–Kier alpha value is -1.45. The number of methoxy groups -OCH3 is 1. The molecule has 144 valence electrons. The number of likely N-dealkylation sites (N-methyl/N-ethyl adjacent to an activating group) is 1. The topological polar surface area (TPSA) is 61.8 Å². The van der Waals surface area contributed by atoms with E-state index in [0.717, 1.165) is 55.1 Å². The number of para-hydroxylation sites is 1. The third-order valence-electron chi connectivity index (χ3n) is 4.06. The molecule has 0 aliphatic rings. The maximum Gasteiger partial charge on any atom is 0.191 e. The first kappa shape index (κ1) is 22.6. The number of pyridine rings is 1. The summed E-state index contributed by atoms with van der Waals surface area (Å²) >= 11 is 0. The average molecular weight is 471 g/mol. The highest BCUT2D eigenvalue weighted by atomic mass is 127. The molecule has 1 aromatic carbocycles. The van der Waals surface area contributed by atoms with Crippen LogP contribution in [-0.2, 0) is 11.3 Å². The zero-order valence-corrected chi connectivity index (χ0v) is 18.2. The zero-order valence-electron chi connectivity index (χ0n) is 15.9. The van der Waals surface area contributed by atoms with Crippen LogP contribution in [0.25, 0.3) is 10.9 Å². The van der Waals surface area contributed by atoms with Crippen molar-refractivity contribution in [2.45, 2.75) is 13.0 Å². The number of benzene rings is 1. The van der Waals surface area contributed by atoms with Crippen molar-refractivity contribution in [2.24, 2.45) is 4.99 Å². The molecule has 0 saturated carbocycles. The van der Waals surface area contributed by atoms with Crippen molar-refractivity contribution in [2.75, 3.05) is 47.4 Å². The van der Waals surface area contributed by atoms with Gasteiger partial charge in [0.1, 0.15) is 0 Å². The summed E-state index contributed by atoms with van der Waals surface area (Å²) in [6, 6.07) is 10.3. The number of aromatic nitrogens is 1. The summed E-state index contributed by atoms with van der Waals surface area (Å²) in [5.41, 5.74) is 2.20. The summed E-state index contributed by atoms with van der Waals surface area (Å²) < 4.78 is 5.08. The summed E-state index contributed by atoms with van der Waals surface area (Å²) in [7, 11) is 5.65. The SMILES string of the molecule is CN=C(NCCN(C)CCCOC)NCc1cccc2cccnc12.I. The number of halogens is 1. The van der Waals surface area contributed by atoms with Gasteiger partial charge < -0.3 is 20.3 Å². The van der Waals surface area contributed by atoms with Gasteiger partial charge in [0.2, 0.25) is 0 Å². The van der Waals surface area contributed by atoms with Gasteiger partial charge >= 0.3 is 0 Å². The van der Waals surface area contributed by atoms with Crippen LogP contribution < -0.4 is 10.6 Å². The van der Waals surface area contributed by atoms with Crippen molar-refractivity contribution in [3.63, 3.8) is 0 Å². The highest BCUT2D eigenvalue weighted by Gasteiger charge is 2.04. The van der Waals surface area contributed by atoms with Crippen molar-refractivity contribution < 1.29 is 4.74 Å². The van der Waals surface area contributed by atoms with Crippen LogP contribution in [0.5, 0.6) is 0 Å². The van der Waals surface area contributed by atoms with E-state index in [-0.39, 0.29) is 24.0 Å². The quantitative estimate of drug-likeness (QED) is 0.255. The highest BCUT2D eigenvalue weighted by Crippen LogP contribution is 2.15. The van der Waals surface area contributed by atoms with Gasteiger partial charge in [0, 0.05) is 58.5 Å². The molecule has 0 aliphatic heterocycles. The van der Waals surface area contributed by atoms with E-state index in [0.29, 0.717) is 6.54 Å². The molecule has 0 amide bonds. The Balaban J connectivity index is 0.00000338. The molecule has 2 aromatic rings. The summed E-state index contributed by atoms with van der Waals surface area (Å²) in [5, 5.41) is 7.87. The first-order valence-corrected chi connectivity index (χ1v) is 8.69. The molecule has 0 unspecified atom stereocenters. The second kappa shape index (κ2) is 12.8. The molecule has 0 aliphatic carbocycles. The second-order valence-corrected chi connectivity index (χ2v) is 5.99. The molecule has 7 heteroatoms. The van der Waals surface area contributed by atoms with Crippen LogP contribution in [0.2, 0.25) is 0 Å². The molecule has 2 N–H and O–H groups in total. The van der Waals surface area contributed by atoms with Gasteiger partial charge in [0.15, 0.2) is 5.96 Å². The second-order valence-electron chi connectivity index (χ2n) is 5.99. The van der Waals surface area contributed by atoms with E-state index in [1.165, 1.54) is 0 Å². The molecule has 2 rings (SSSR count). The predicted molar refractivity (Wildman–Crippen MR) is 119 cm³/mol. The Bertz CT molecular complexity index is 675. The van der Waals surface area contributed by atoms with Crippen LogP contribution in [0.15, 0.2) is 41.5 Å². The van der Waals surface area contributed by atoms with Crippen LogP contribution in [0.1, 0.15) is 12.0 Å². The van der Waals surface area contributed by atoms with Gasteiger partial charge in [-0.25, -0.2) is 0 Å². The molecule has 6 nitrogen and oxygen atoms in total. The number of hydrogen-bond acceptors (Lipinski definition) is 4. The van der Waals surface area contributed by atoms with E-state index in [9.17, 15) is 0 Å². The fourth-order valence-electron chi connectivity index (χ4n) is 2.67. The van der Waals surface area contributed by atoms with Crippen LogP contribution in [0, 0.1) is 0 Å². The maximum atomic E-state index is 5.08. The Morgan fingerprint density at radius 1 is 1.19 bits per heavy atom. The largest absolute Gasteiger partial charge is 0.385 e. The number of guanidine groups is 1. The summed E-state index contributed by atoms with van der Waals surface area (Å²) in [6.45, 7) is 4.33. The monoisotopic (exact) mass is 471 g/mol. The molecule has 0 fully saturated rings. The molecular formula is C19H30IN5O.